The van der Waals surface area contributed by atoms with Gasteiger partial charge < -0.3 is 10.5 Å². The molecule has 0 radical (unpaired) electrons. The topological polar surface area (TPSA) is 35.2 Å². The number of ether oxygens (including phenoxy) is 1. The lowest BCUT2D eigenvalue weighted by molar-refractivity contribution is 0.290. The van der Waals surface area contributed by atoms with Crippen LogP contribution in [0.5, 0.6) is 5.75 Å². The van der Waals surface area contributed by atoms with Gasteiger partial charge in [-0.15, -0.1) is 11.3 Å². The Morgan fingerprint density at radius 2 is 2.12 bits per heavy atom. The summed E-state index contributed by atoms with van der Waals surface area (Å²) in [6, 6.07) is 8.36. The van der Waals surface area contributed by atoms with Crippen LogP contribution in [0.1, 0.15) is 10.4 Å². The highest BCUT2D eigenvalue weighted by Crippen LogP contribution is 2.19. The fourth-order valence-electron chi connectivity index (χ4n) is 1.33. The van der Waals surface area contributed by atoms with Gasteiger partial charge in [0.05, 0.1) is 0 Å². The maximum Gasteiger partial charge on any atom is 0.165 e. The normalized spacial score (nSPS) is 10.4. The predicted octanol–water partition coefficient (Wildman–Crippen LogP) is 2.92. The molecule has 2 aromatic rings. The molecule has 0 spiro atoms. The van der Waals surface area contributed by atoms with E-state index in [2.05, 4.69) is 0 Å². The second-order valence-corrected chi connectivity index (χ2v) is 4.34. The van der Waals surface area contributed by atoms with Crippen LogP contribution in [0.25, 0.3) is 0 Å². The van der Waals surface area contributed by atoms with Gasteiger partial charge in [-0.05, 0) is 23.6 Å². The molecule has 2 rings (SSSR count). The van der Waals surface area contributed by atoms with Crippen LogP contribution in [-0.2, 0) is 13.2 Å². The summed E-state index contributed by atoms with van der Waals surface area (Å²) in [5, 5.41) is 1.98. The first-order valence-electron chi connectivity index (χ1n) is 4.93. The van der Waals surface area contributed by atoms with E-state index < -0.39 is 0 Å². The number of para-hydroxylation sites is 1. The molecule has 0 aliphatic rings. The average Bonchev–Trinajstić information content (AvgIpc) is 2.76. The van der Waals surface area contributed by atoms with Crippen LogP contribution in [0.15, 0.2) is 35.7 Å². The van der Waals surface area contributed by atoms with E-state index in [9.17, 15) is 4.39 Å². The first-order valence-corrected chi connectivity index (χ1v) is 5.81. The summed E-state index contributed by atoms with van der Waals surface area (Å²) >= 11 is 1.59. The van der Waals surface area contributed by atoms with Crippen molar-refractivity contribution in [1.82, 2.24) is 0 Å². The van der Waals surface area contributed by atoms with Crippen LogP contribution < -0.4 is 10.5 Å². The number of halogens is 1. The van der Waals surface area contributed by atoms with Crippen LogP contribution in [-0.4, -0.2) is 0 Å². The number of hydrogen-bond acceptors (Lipinski definition) is 3. The Labute approximate surface area is 97.5 Å². The minimum atomic E-state index is -0.336. The molecule has 0 atom stereocenters. The Kier molecular flexibility index (Phi) is 3.54. The lowest BCUT2D eigenvalue weighted by Crippen LogP contribution is -1.96. The third-order valence-corrected chi connectivity index (χ3v) is 3.15. The van der Waals surface area contributed by atoms with Gasteiger partial charge in [0.25, 0.3) is 0 Å². The van der Waals surface area contributed by atoms with Gasteiger partial charge in [-0.1, -0.05) is 12.1 Å². The van der Waals surface area contributed by atoms with Gasteiger partial charge in [0.1, 0.15) is 6.61 Å². The van der Waals surface area contributed by atoms with Crippen molar-refractivity contribution >= 4 is 11.3 Å². The largest absolute Gasteiger partial charge is 0.486 e. The van der Waals surface area contributed by atoms with Crippen LogP contribution in [0.2, 0.25) is 0 Å². The Balaban J connectivity index is 1.99. The summed E-state index contributed by atoms with van der Waals surface area (Å²) in [5.41, 5.74) is 6.53. The Morgan fingerprint density at radius 1 is 1.31 bits per heavy atom. The van der Waals surface area contributed by atoms with Crippen LogP contribution >= 0.6 is 11.3 Å². The third kappa shape index (κ3) is 2.59. The molecule has 0 aliphatic carbocycles. The summed E-state index contributed by atoms with van der Waals surface area (Å²) in [4.78, 5) is 1.10. The van der Waals surface area contributed by atoms with Crippen molar-refractivity contribution in [3.05, 3.63) is 52.0 Å². The van der Waals surface area contributed by atoms with E-state index in [1.165, 1.54) is 6.07 Å². The average molecular weight is 237 g/mol. The second kappa shape index (κ2) is 5.09. The fraction of sp³-hybridized carbons (Fsp3) is 0.167. The summed E-state index contributed by atoms with van der Waals surface area (Å²) in [6.45, 7) is 0.905. The Hall–Kier alpha value is -1.39. The standard InChI is InChI=1S/C12H12FNOS/c13-11-3-1-2-4-12(11)15-7-9-5-10(6-14)16-8-9/h1-5,8H,6-7,14H2. The minimum absolute atomic E-state index is 0.281. The van der Waals surface area contributed by atoms with Crippen molar-refractivity contribution in [2.45, 2.75) is 13.2 Å². The number of hydrogen-bond donors (Lipinski definition) is 1. The van der Waals surface area contributed by atoms with Crippen molar-refractivity contribution in [2.75, 3.05) is 0 Å². The van der Waals surface area contributed by atoms with E-state index >= 15 is 0 Å². The predicted molar refractivity (Wildman–Crippen MR) is 62.9 cm³/mol. The van der Waals surface area contributed by atoms with Gasteiger partial charge in [0.15, 0.2) is 11.6 Å². The number of thiophene rings is 1. The fourth-order valence-corrected chi connectivity index (χ4v) is 2.09. The molecule has 16 heavy (non-hydrogen) atoms. The molecular formula is C12H12FNOS. The molecule has 4 heteroatoms. The van der Waals surface area contributed by atoms with Crippen molar-refractivity contribution in [3.8, 4) is 5.75 Å². The number of rotatable bonds is 4. The van der Waals surface area contributed by atoms with E-state index in [0.717, 1.165) is 10.4 Å². The summed E-state index contributed by atoms with van der Waals surface area (Å²) in [6.07, 6.45) is 0. The zero-order chi connectivity index (χ0) is 11.4. The van der Waals surface area contributed by atoms with Crippen LogP contribution in [0.3, 0.4) is 0 Å². The SMILES string of the molecule is NCc1cc(COc2ccccc2F)cs1. The van der Waals surface area contributed by atoms with E-state index in [4.69, 9.17) is 10.5 Å². The summed E-state index contributed by atoms with van der Waals surface area (Å²) in [5.74, 6) is -0.0558. The van der Waals surface area contributed by atoms with E-state index in [-0.39, 0.29) is 11.6 Å². The summed E-state index contributed by atoms with van der Waals surface area (Å²) in [7, 11) is 0. The molecule has 84 valence electrons. The summed E-state index contributed by atoms with van der Waals surface area (Å²) < 4.78 is 18.6. The van der Waals surface area contributed by atoms with Crippen molar-refractivity contribution < 1.29 is 9.13 Å². The molecule has 0 unspecified atom stereocenters. The molecule has 0 saturated carbocycles. The van der Waals surface area contributed by atoms with Gasteiger partial charge in [0, 0.05) is 17.0 Å². The van der Waals surface area contributed by atoms with Crippen molar-refractivity contribution in [1.29, 1.82) is 0 Å². The zero-order valence-corrected chi connectivity index (χ0v) is 9.47. The second-order valence-electron chi connectivity index (χ2n) is 3.34. The maximum absolute atomic E-state index is 13.2. The smallest absolute Gasteiger partial charge is 0.165 e. The number of benzene rings is 1. The molecule has 0 amide bonds. The van der Waals surface area contributed by atoms with Gasteiger partial charge in [-0.2, -0.15) is 0 Å². The van der Waals surface area contributed by atoms with Crippen molar-refractivity contribution in [3.63, 3.8) is 0 Å². The monoisotopic (exact) mass is 237 g/mol. The van der Waals surface area contributed by atoms with Gasteiger partial charge in [0.2, 0.25) is 0 Å². The van der Waals surface area contributed by atoms with Crippen molar-refractivity contribution in [2.24, 2.45) is 5.73 Å². The lowest BCUT2D eigenvalue weighted by Gasteiger charge is -2.05. The molecule has 0 fully saturated rings. The molecule has 1 aromatic heterocycles. The van der Waals surface area contributed by atoms with Crippen LogP contribution in [0, 0.1) is 5.82 Å². The van der Waals surface area contributed by atoms with E-state index in [1.807, 2.05) is 11.4 Å². The Bertz CT molecular complexity index is 470. The molecule has 0 aliphatic heterocycles. The minimum Gasteiger partial charge on any atom is -0.486 e. The van der Waals surface area contributed by atoms with E-state index in [1.54, 1.807) is 29.5 Å². The van der Waals surface area contributed by atoms with Gasteiger partial charge in [-0.25, -0.2) is 4.39 Å². The zero-order valence-electron chi connectivity index (χ0n) is 8.65. The molecule has 2 N–H and O–H groups in total. The lowest BCUT2D eigenvalue weighted by atomic mass is 10.3. The molecule has 2 nitrogen and oxygen atoms in total. The van der Waals surface area contributed by atoms with Gasteiger partial charge >= 0.3 is 0 Å². The molecule has 1 heterocycles. The highest BCUT2D eigenvalue weighted by Gasteiger charge is 2.03. The van der Waals surface area contributed by atoms with Crippen LogP contribution in [0.4, 0.5) is 4.39 Å². The highest BCUT2D eigenvalue weighted by molar-refractivity contribution is 7.10. The molecule has 0 saturated heterocycles. The molecule has 1 aromatic carbocycles. The third-order valence-electron chi connectivity index (χ3n) is 2.14. The Morgan fingerprint density at radius 3 is 2.81 bits per heavy atom. The molecule has 0 bridgehead atoms. The quantitative estimate of drug-likeness (QED) is 0.887. The first-order chi connectivity index (χ1) is 7.79. The van der Waals surface area contributed by atoms with E-state index in [0.29, 0.717) is 13.2 Å². The van der Waals surface area contributed by atoms with Gasteiger partial charge in [-0.3, -0.25) is 0 Å². The highest BCUT2D eigenvalue weighted by atomic mass is 32.1. The maximum atomic E-state index is 13.2. The molecular weight excluding hydrogens is 225 g/mol. The number of nitrogens with two attached hydrogens (primary N) is 1. The first kappa shape index (κ1) is 11.1.